The van der Waals surface area contributed by atoms with Crippen molar-refractivity contribution in [3.05, 3.63) is 78.0 Å². The summed E-state index contributed by atoms with van der Waals surface area (Å²) in [5, 5.41) is 14.3. The number of hydrogen-bond donors (Lipinski definition) is 1. The Labute approximate surface area is 262 Å². The van der Waals surface area contributed by atoms with Crippen LogP contribution in [0.5, 0.6) is 5.75 Å². The minimum absolute atomic E-state index is 0.0406. The second kappa shape index (κ2) is 12.9. The molecule has 2 heterocycles. The number of anilines is 1. The topological polar surface area (TPSA) is 115 Å². The zero-order chi connectivity index (χ0) is 34.0. The standard InChI is InChI=1S/C32H34F4N4O6/c1-30(2,3)45-28(42)40(29(43)46-31(4,5)6)27-37-24-18-20(14-16-39(24)38-27)22-8-7-9-23(25(22)34)44-17-15-32(35,36)26(41)19-10-12-21(33)13-11-19/h7-14,16,18,26,41H,15,17H2,1-6H3. The average Bonchev–Trinajstić information content (AvgIpc) is 3.34. The summed E-state index contributed by atoms with van der Waals surface area (Å²) in [6, 6.07) is 11.1. The van der Waals surface area contributed by atoms with Gasteiger partial charge >= 0.3 is 12.2 Å². The SMILES string of the molecule is CC(C)(C)OC(=O)N(C(=O)OC(C)(C)C)c1nc2cc(-c3cccc(OCCC(F)(F)C(O)c4ccc(F)cc4)c3F)ccn2n1. The van der Waals surface area contributed by atoms with Gasteiger partial charge in [0.2, 0.25) is 0 Å². The van der Waals surface area contributed by atoms with E-state index in [1.165, 1.54) is 41.0 Å². The predicted molar refractivity (Wildman–Crippen MR) is 160 cm³/mol. The van der Waals surface area contributed by atoms with Gasteiger partial charge in [-0.2, -0.15) is 4.98 Å². The molecule has 0 aliphatic heterocycles. The molecule has 1 N–H and O–H groups in total. The molecular weight excluding hydrogens is 612 g/mol. The molecule has 246 valence electrons. The monoisotopic (exact) mass is 646 g/mol. The Hall–Kier alpha value is -4.72. The van der Waals surface area contributed by atoms with Crippen LogP contribution in [0.2, 0.25) is 0 Å². The normalized spacial score (nSPS) is 12.9. The maximum absolute atomic E-state index is 15.5. The number of benzene rings is 2. The van der Waals surface area contributed by atoms with Crippen LogP contribution in [-0.4, -0.2) is 55.6 Å². The van der Waals surface area contributed by atoms with E-state index in [-0.39, 0.29) is 28.5 Å². The summed E-state index contributed by atoms with van der Waals surface area (Å²) >= 11 is 0. The summed E-state index contributed by atoms with van der Waals surface area (Å²) < 4.78 is 75.2. The fourth-order valence-electron chi connectivity index (χ4n) is 4.15. The number of nitrogens with zero attached hydrogens (tertiary/aromatic N) is 4. The van der Waals surface area contributed by atoms with Crippen LogP contribution in [0.1, 0.15) is 59.6 Å². The lowest BCUT2D eigenvalue weighted by Crippen LogP contribution is -2.44. The molecule has 0 radical (unpaired) electrons. The highest BCUT2D eigenvalue weighted by Crippen LogP contribution is 2.35. The zero-order valence-electron chi connectivity index (χ0n) is 26.1. The summed E-state index contributed by atoms with van der Waals surface area (Å²) in [5.74, 6) is -5.78. The van der Waals surface area contributed by atoms with E-state index < -0.39 is 60.1 Å². The molecule has 0 saturated carbocycles. The van der Waals surface area contributed by atoms with Crippen molar-refractivity contribution in [1.29, 1.82) is 0 Å². The highest BCUT2D eigenvalue weighted by atomic mass is 19.3. The first-order valence-electron chi connectivity index (χ1n) is 14.2. The number of rotatable bonds is 8. The Morgan fingerprint density at radius 1 is 0.935 bits per heavy atom. The fourth-order valence-corrected chi connectivity index (χ4v) is 4.15. The third-order valence-electron chi connectivity index (χ3n) is 6.23. The summed E-state index contributed by atoms with van der Waals surface area (Å²) in [6.45, 7) is 9.10. The van der Waals surface area contributed by atoms with Crippen molar-refractivity contribution in [3.8, 4) is 16.9 Å². The van der Waals surface area contributed by atoms with Crippen molar-refractivity contribution in [1.82, 2.24) is 14.6 Å². The molecule has 0 aliphatic carbocycles. The van der Waals surface area contributed by atoms with Gasteiger partial charge in [-0.25, -0.2) is 31.7 Å². The molecule has 0 fully saturated rings. The van der Waals surface area contributed by atoms with Gasteiger partial charge in [-0.15, -0.1) is 10.00 Å². The molecule has 1 unspecified atom stereocenters. The van der Waals surface area contributed by atoms with Gasteiger partial charge in [-0.1, -0.05) is 24.3 Å². The van der Waals surface area contributed by atoms with Gasteiger partial charge in [0.15, 0.2) is 17.2 Å². The van der Waals surface area contributed by atoms with Crippen LogP contribution in [0, 0.1) is 11.6 Å². The first kappa shape index (κ1) is 34.2. The van der Waals surface area contributed by atoms with Crippen LogP contribution < -0.4 is 9.64 Å². The minimum Gasteiger partial charge on any atom is -0.490 e. The van der Waals surface area contributed by atoms with Gasteiger partial charge in [0.25, 0.3) is 11.9 Å². The van der Waals surface area contributed by atoms with Crippen LogP contribution in [0.15, 0.2) is 60.8 Å². The van der Waals surface area contributed by atoms with Crippen molar-refractivity contribution in [2.75, 3.05) is 11.5 Å². The molecule has 2 amide bonds. The number of alkyl halides is 2. The molecule has 2 aromatic heterocycles. The fraction of sp³-hybridized carbons (Fsp3) is 0.375. The molecule has 46 heavy (non-hydrogen) atoms. The number of ether oxygens (including phenoxy) is 3. The number of carbonyl (C=O) groups is 2. The van der Waals surface area contributed by atoms with E-state index in [1.54, 1.807) is 41.5 Å². The molecule has 14 heteroatoms. The van der Waals surface area contributed by atoms with Crippen molar-refractivity contribution < 1.29 is 46.5 Å². The second-order valence-corrected chi connectivity index (χ2v) is 12.4. The Balaban J connectivity index is 1.55. The van der Waals surface area contributed by atoms with Gasteiger partial charge in [0, 0.05) is 18.2 Å². The molecule has 0 aliphatic rings. The lowest BCUT2D eigenvalue weighted by atomic mass is 10.0. The smallest absolute Gasteiger partial charge is 0.427 e. The van der Waals surface area contributed by atoms with E-state index in [9.17, 15) is 27.9 Å². The van der Waals surface area contributed by atoms with Crippen LogP contribution in [-0.2, 0) is 9.47 Å². The first-order valence-corrected chi connectivity index (χ1v) is 14.2. The second-order valence-electron chi connectivity index (χ2n) is 12.4. The van der Waals surface area contributed by atoms with Gasteiger partial charge in [0.05, 0.1) is 6.61 Å². The molecule has 0 saturated heterocycles. The summed E-state index contributed by atoms with van der Waals surface area (Å²) in [7, 11) is 0. The number of aliphatic hydroxyl groups excluding tert-OH is 1. The van der Waals surface area contributed by atoms with E-state index >= 15 is 4.39 Å². The Bertz CT molecular complexity index is 1690. The molecular formula is C32H34F4N4O6. The van der Waals surface area contributed by atoms with Crippen molar-refractivity contribution in [2.24, 2.45) is 0 Å². The summed E-state index contributed by atoms with van der Waals surface area (Å²) in [4.78, 5) is 30.8. The minimum atomic E-state index is -3.64. The predicted octanol–water partition coefficient (Wildman–Crippen LogP) is 7.49. The Kier molecular flexibility index (Phi) is 9.62. The van der Waals surface area contributed by atoms with E-state index in [2.05, 4.69) is 10.1 Å². The van der Waals surface area contributed by atoms with E-state index in [1.807, 2.05) is 0 Å². The first-order chi connectivity index (χ1) is 21.3. The number of aromatic nitrogens is 3. The third-order valence-corrected chi connectivity index (χ3v) is 6.23. The number of hydrogen-bond acceptors (Lipinski definition) is 8. The van der Waals surface area contributed by atoms with Crippen molar-refractivity contribution >= 4 is 23.8 Å². The number of imide groups is 1. The van der Waals surface area contributed by atoms with E-state index in [4.69, 9.17) is 14.2 Å². The molecule has 2 aromatic carbocycles. The summed E-state index contributed by atoms with van der Waals surface area (Å²) in [6.07, 6.45) is -3.87. The van der Waals surface area contributed by atoms with Crippen LogP contribution in [0.4, 0.5) is 33.1 Å². The molecule has 0 spiro atoms. The van der Waals surface area contributed by atoms with Crippen LogP contribution in [0.25, 0.3) is 16.8 Å². The molecule has 4 aromatic rings. The van der Waals surface area contributed by atoms with E-state index in [0.717, 1.165) is 24.3 Å². The highest BCUT2D eigenvalue weighted by molar-refractivity contribution is 6.08. The van der Waals surface area contributed by atoms with Gasteiger partial charge in [-0.3, -0.25) is 0 Å². The number of halogens is 4. The number of amides is 2. The van der Waals surface area contributed by atoms with Gasteiger partial charge < -0.3 is 19.3 Å². The molecule has 10 nitrogen and oxygen atoms in total. The maximum Gasteiger partial charge on any atom is 0.427 e. The number of fused-ring (bicyclic) bond motifs is 1. The highest BCUT2D eigenvalue weighted by Gasteiger charge is 2.39. The van der Waals surface area contributed by atoms with Crippen LogP contribution >= 0.6 is 0 Å². The zero-order valence-corrected chi connectivity index (χ0v) is 26.1. The van der Waals surface area contributed by atoms with Crippen LogP contribution in [0.3, 0.4) is 0 Å². The lowest BCUT2D eigenvalue weighted by molar-refractivity contribution is -0.120. The molecule has 0 bridgehead atoms. The third kappa shape index (κ3) is 8.30. The number of carbonyl (C=O) groups excluding carboxylic acids is 2. The lowest BCUT2D eigenvalue weighted by Gasteiger charge is -2.26. The van der Waals surface area contributed by atoms with Gasteiger partial charge in [-0.05, 0) is 83.0 Å². The maximum atomic E-state index is 15.5. The van der Waals surface area contributed by atoms with Gasteiger partial charge in [0.1, 0.15) is 23.1 Å². The quantitative estimate of drug-likeness (QED) is 0.196. The molecule has 1 atom stereocenters. The average molecular weight is 647 g/mol. The molecule has 4 rings (SSSR count). The number of aliphatic hydroxyl groups is 1. The van der Waals surface area contributed by atoms with E-state index in [0.29, 0.717) is 10.5 Å². The summed E-state index contributed by atoms with van der Waals surface area (Å²) in [5.41, 5.74) is -1.61. The van der Waals surface area contributed by atoms with Crippen molar-refractivity contribution in [2.45, 2.75) is 71.2 Å². The Morgan fingerprint density at radius 3 is 2.13 bits per heavy atom. The van der Waals surface area contributed by atoms with Crippen molar-refractivity contribution in [3.63, 3.8) is 0 Å². The largest absolute Gasteiger partial charge is 0.490 e. The number of pyridine rings is 1. The Morgan fingerprint density at radius 2 is 1.54 bits per heavy atom.